The van der Waals surface area contributed by atoms with Crippen LogP contribution in [0.3, 0.4) is 0 Å². The van der Waals surface area contributed by atoms with Gasteiger partial charge in [-0.25, -0.2) is 4.79 Å². The van der Waals surface area contributed by atoms with Gasteiger partial charge in [0.25, 0.3) is 11.6 Å². The van der Waals surface area contributed by atoms with Crippen LogP contribution in [-0.2, 0) is 11.3 Å². The van der Waals surface area contributed by atoms with Gasteiger partial charge >= 0.3 is 5.97 Å². The van der Waals surface area contributed by atoms with Gasteiger partial charge < -0.3 is 9.15 Å². The maximum absolute atomic E-state index is 11.9. The van der Waals surface area contributed by atoms with E-state index in [1.54, 1.807) is 24.3 Å². The van der Waals surface area contributed by atoms with Crippen molar-refractivity contribution < 1.29 is 18.9 Å². The van der Waals surface area contributed by atoms with Crippen molar-refractivity contribution in [3.05, 3.63) is 74.6 Å². The minimum absolute atomic E-state index is 0.0353. The predicted octanol–water partition coefficient (Wildman–Crippen LogP) is 3.76. The molecule has 1 aromatic heterocycles. The van der Waals surface area contributed by atoms with E-state index in [4.69, 9.17) is 9.15 Å². The third-order valence-electron chi connectivity index (χ3n) is 3.20. The Labute approximate surface area is 149 Å². The molecule has 2 aromatic carbocycles. The van der Waals surface area contributed by atoms with Crippen LogP contribution in [0.25, 0.3) is 11.5 Å². The molecule has 0 atom stereocenters. The van der Waals surface area contributed by atoms with Gasteiger partial charge in [-0.15, -0.1) is 10.2 Å². The number of carbonyl (C=O) groups is 1. The van der Waals surface area contributed by atoms with Crippen LogP contribution in [0.1, 0.15) is 16.2 Å². The molecule has 0 N–H and O–H groups in total. The average Bonchev–Trinajstić information content (AvgIpc) is 3.09. The molecule has 0 spiro atoms. The third kappa shape index (κ3) is 4.07. The SMILES string of the molecule is O=C(OCc1nnc(-c2ccc([N+](=O)[O-])cc2)o1)c1ccc(Br)cc1. The zero-order valence-corrected chi connectivity index (χ0v) is 14.2. The predicted molar refractivity (Wildman–Crippen MR) is 89.6 cm³/mol. The number of carbonyl (C=O) groups excluding carboxylic acids is 1. The van der Waals surface area contributed by atoms with Crippen molar-refractivity contribution >= 4 is 27.6 Å². The van der Waals surface area contributed by atoms with Crippen LogP contribution in [-0.4, -0.2) is 21.1 Å². The minimum atomic E-state index is -0.511. The molecule has 0 aliphatic heterocycles. The Bertz CT molecular complexity index is 906. The lowest BCUT2D eigenvalue weighted by molar-refractivity contribution is -0.384. The van der Waals surface area contributed by atoms with E-state index in [1.807, 2.05) is 0 Å². The quantitative estimate of drug-likeness (QED) is 0.362. The number of halogens is 1. The standard InChI is InChI=1S/C16H10BrN3O5/c17-12-5-1-11(2-6-12)16(21)24-9-14-18-19-15(25-14)10-3-7-13(8-4-10)20(22)23/h1-8H,9H2. The number of non-ortho nitro benzene ring substituents is 1. The zero-order chi connectivity index (χ0) is 17.8. The topological polar surface area (TPSA) is 108 Å². The fourth-order valence-corrected chi connectivity index (χ4v) is 2.22. The van der Waals surface area contributed by atoms with E-state index >= 15 is 0 Å². The van der Waals surface area contributed by atoms with Crippen molar-refractivity contribution in [2.24, 2.45) is 0 Å². The van der Waals surface area contributed by atoms with Crippen molar-refractivity contribution in [1.29, 1.82) is 0 Å². The first-order chi connectivity index (χ1) is 12.0. The Kier molecular flexibility index (Phi) is 4.85. The fourth-order valence-electron chi connectivity index (χ4n) is 1.95. The molecular weight excluding hydrogens is 394 g/mol. The van der Waals surface area contributed by atoms with Gasteiger partial charge in [-0.3, -0.25) is 10.1 Å². The number of ether oxygens (including phenoxy) is 1. The molecule has 0 saturated carbocycles. The summed E-state index contributed by atoms with van der Waals surface area (Å²) in [5, 5.41) is 18.3. The zero-order valence-electron chi connectivity index (χ0n) is 12.6. The van der Waals surface area contributed by atoms with Gasteiger partial charge in [0, 0.05) is 22.2 Å². The summed E-state index contributed by atoms with van der Waals surface area (Å²) in [5.41, 5.74) is 0.897. The van der Waals surface area contributed by atoms with Gasteiger partial charge in [0.05, 0.1) is 10.5 Å². The van der Waals surface area contributed by atoms with Crippen LogP contribution in [0.4, 0.5) is 5.69 Å². The van der Waals surface area contributed by atoms with Crippen LogP contribution in [0.5, 0.6) is 0 Å². The fraction of sp³-hybridized carbons (Fsp3) is 0.0625. The number of aromatic nitrogens is 2. The number of benzene rings is 2. The first-order valence-corrected chi connectivity index (χ1v) is 7.82. The molecule has 0 bridgehead atoms. The highest BCUT2D eigenvalue weighted by Crippen LogP contribution is 2.21. The van der Waals surface area contributed by atoms with Crippen LogP contribution in [0.15, 0.2) is 57.4 Å². The summed E-state index contributed by atoms with van der Waals surface area (Å²) in [7, 11) is 0. The lowest BCUT2D eigenvalue weighted by Crippen LogP contribution is -2.05. The van der Waals surface area contributed by atoms with Gasteiger partial charge in [0.15, 0.2) is 6.61 Å². The molecule has 0 unspecified atom stereocenters. The number of nitro groups is 1. The maximum Gasteiger partial charge on any atom is 0.338 e. The second-order valence-corrected chi connectivity index (χ2v) is 5.80. The summed E-state index contributed by atoms with van der Waals surface area (Å²) < 4.78 is 11.4. The number of nitro benzene ring substituents is 1. The highest BCUT2D eigenvalue weighted by molar-refractivity contribution is 9.10. The Balaban J connectivity index is 1.64. The summed E-state index contributed by atoms with van der Waals surface area (Å²) in [6.45, 7) is -0.172. The highest BCUT2D eigenvalue weighted by Gasteiger charge is 2.13. The Hall–Kier alpha value is -3.07. The first kappa shape index (κ1) is 16.8. The van der Waals surface area contributed by atoms with E-state index in [9.17, 15) is 14.9 Å². The Morgan fingerprint density at radius 3 is 2.44 bits per heavy atom. The molecule has 9 heteroatoms. The van der Waals surface area contributed by atoms with Gasteiger partial charge in [0.2, 0.25) is 5.89 Å². The molecule has 1 heterocycles. The van der Waals surface area contributed by atoms with E-state index < -0.39 is 10.9 Å². The number of nitrogens with zero attached hydrogens (tertiary/aromatic N) is 3. The summed E-state index contributed by atoms with van der Waals surface area (Å²) in [4.78, 5) is 22.1. The second-order valence-electron chi connectivity index (χ2n) is 4.89. The molecule has 8 nitrogen and oxygen atoms in total. The molecule has 0 aliphatic rings. The van der Waals surface area contributed by atoms with Gasteiger partial charge in [-0.1, -0.05) is 15.9 Å². The summed E-state index contributed by atoms with van der Waals surface area (Å²) >= 11 is 3.28. The third-order valence-corrected chi connectivity index (χ3v) is 3.73. The van der Waals surface area contributed by atoms with Gasteiger partial charge in [-0.2, -0.15) is 0 Å². The van der Waals surface area contributed by atoms with Crippen molar-refractivity contribution in [1.82, 2.24) is 10.2 Å². The second kappa shape index (κ2) is 7.22. The minimum Gasteiger partial charge on any atom is -0.452 e. The molecule has 3 rings (SSSR count). The lowest BCUT2D eigenvalue weighted by atomic mass is 10.2. The number of esters is 1. The van der Waals surface area contributed by atoms with Gasteiger partial charge in [-0.05, 0) is 36.4 Å². The van der Waals surface area contributed by atoms with E-state index in [0.29, 0.717) is 11.1 Å². The van der Waals surface area contributed by atoms with E-state index in [1.165, 1.54) is 24.3 Å². The molecule has 25 heavy (non-hydrogen) atoms. The maximum atomic E-state index is 11.9. The van der Waals surface area contributed by atoms with Crippen molar-refractivity contribution in [2.75, 3.05) is 0 Å². The lowest BCUT2D eigenvalue weighted by Gasteiger charge is -2.01. The van der Waals surface area contributed by atoms with Crippen LogP contribution >= 0.6 is 15.9 Å². The Morgan fingerprint density at radius 2 is 1.80 bits per heavy atom. The van der Waals surface area contributed by atoms with E-state index in [-0.39, 0.29) is 24.1 Å². The van der Waals surface area contributed by atoms with E-state index in [0.717, 1.165) is 4.47 Å². The Morgan fingerprint density at radius 1 is 1.12 bits per heavy atom. The number of hydrogen-bond acceptors (Lipinski definition) is 7. The van der Waals surface area contributed by atoms with Crippen LogP contribution < -0.4 is 0 Å². The van der Waals surface area contributed by atoms with Crippen LogP contribution in [0, 0.1) is 10.1 Å². The molecule has 0 fully saturated rings. The molecule has 0 radical (unpaired) electrons. The average molecular weight is 404 g/mol. The molecule has 0 aliphatic carbocycles. The number of hydrogen-bond donors (Lipinski definition) is 0. The molecule has 0 amide bonds. The normalized spacial score (nSPS) is 10.4. The smallest absolute Gasteiger partial charge is 0.338 e. The summed E-state index contributed by atoms with van der Waals surface area (Å²) in [6.07, 6.45) is 0. The highest BCUT2D eigenvalue weighted by atomic mass is 79.9. The molecule has 126 valence electrons. The van der Waals surface area contributed by atoms with Crippen molar-refractivity contribution in [3.8, 4) is 11.5 Å². The largest absolute Gasteiger partial charge is 0.452 e. The summed E-state index contributed by atoms with van der Waals surface area (Å²) in [5.74, 6) is -0.203. The van der Waals surface area contributed by atoms with Crippen molar-refractivity contribution in [3.63, 3.8) is 0 Å². The first-order valence-electron chi connectivity index (χ1n) is 7.03. The summed E-state index contributed by atoms with van der Waals surface area (Å²) in [6, 6.07) is 12.4. The van der Waals surface area contributed by atoms with Gasteiger partial charge in [0.1, 0.15) is 0 Å². The molecule has 0 saturated heterocycles. The molecule has 3 aromatic rings. The van der Waals surface area contributed by atoms with E-state index in [2.05, 4.69) is 26.1 Å². The molecular formula is C16H10BrN3O5. The van der Waals surface area contributed by atoms with Crippen LogP contribution in [0.2, 0.25) is 0 Å². The monoisotopic (exact) mass is 403 g/mol. The number of rotatable bonds is 5. The van der Waals surface area contributed by atoms with Crippen molar-refractivity contribution in [2.45, 2.75) is 6.61 Å².